The van der Waals surface area contributed by atoms with E-state index in [1.165, 1.54) is 44.9 Å². The highest BCUT2D eigenvalue weighted by molar-refractivity contribution is 5.55. The fourth-order valence-corrected chi connectivity index (χ4v) is 2.45. The van der Waals surface area contributed by atoms with Gasteiger partial charge in [-0.3, -0.25) is 0 Å². The molecule has 0 bridgehead atoms. The lowest BCUT2D eigenvalue weighted by Gasteiger charge is -2.11. The van der Waals surface area contributed by atoms with E-state index >= 15 is 0 Å². The molecule has 21 heavy (non-hydrogen) atoms. The molecule has 0 N–H and O–H groups in total. The van der Waals surface area contributed by atoms with Crippen LogP contribution in [-0.2, 0) is 16.1 Å². The van der Waals surface area contributed by atoms with Crippen molar-refractivity contribution in [2.24, 2.45) is 0 Å². The number of unbranched alkanes of at least 4 members (excludes halogenated alkanes) is 7. The van der Waals surface area contributed by atoms with Gasteiger partial charge in [0.05, 0.1) is 6.61 Å². The van der Waals surface area contributed by atoms with Gasteiger partial charge in [-0.05, 0) is 12.0 Å². The smallest absolute Gasteiger partial charge is 0.148 e. The number of hydrogen-bond donors (Lipinski definition) is 0. The summed E-state index contributed by atoms with van der Waals surface area (Å²) in [5.74, 6) is 0. The quantitative estimate of drug-likeness (QED) is 0.364. The predicted octanol–water partition coefficient (Wildman–Crippen LogP) is 5.30. The Morgan fingerprint density at radius 2 is 1.57 bits per heavy atom. The number of aldehydes is 1. The molecule has 0 amide bonds. The summed E-state index contributed by atoms with van der Waals surface area (Å²) in [4.78, 5) is 11.0. The van der Waals surface area contributed by atoms with E-state index in [0.717, 1.165) is 24.7 Å². The van der Waals surface area contributed by atoms with Crippen LogP contribution in [0.5, 0.6) is 0 Å². The molecule has 0 aliphatic heterocycles. The lowest BCUT2D eigenvalue weighted by atomic mass is 10.1. The van der Waals surface area contributed by atoms with Gasteiger partial charge in [-0.25, -0.2) is 0 Å². The number of carbonyl (C=O) groups excluding carboxylic acids is 1. The van der Waals surface area contributed by atoms with Crippen LogP contribution in [0.25, 0.3) is 0 Å². The molecule has 1 aromatic carbocycles. The minimum Gasteiger partial charge on any atom is -0.366 e. The van der Waals surface area contributed by atoms with Crippen molar-refractivity contribution in [1.82, 2.24) is 0 Å². The van der Waals surface area contributed by atoms with Gasteiger partial charge >= 0.3 is 0 Å². The van der Waals surface area contributed by atoms with E-state index in [0.29, 0.717) is 6.61 Å². The highest BCUT2D eigenvalue weighted by Crippen LogP contribution is 2.12. The van der Waals surface area contributed by atoms with E-state index in [1.807, 2.05) is 30.3 Å². The van der Waals surface area contributed by atoms with Gasteiger partial charge in [0.1, 0.15) is 12.4 Å². The average molecular weight is 290 g/mol. The molecule has 0 spiro atoms. The van der Waals surface area contributed by atoms with Crippen molar-refractivity contribution in [3.63, 3.8) is 0 Å². The van der Waals surface area contributed by atoms with Crippen LogP contribution in [0.3, 0.4) is 0 Å². The first-order chi connectivity index (χ1) is 10.4. The molecule has 0 aliphatic carbocycles. The highest BCUT2D eigenvalue weighted by Gasteiger charge is 2.07. The van der Waals surface area contributed by atoms with Crippen LogP contribution in [0.1, 0.15) is 70.3 Å². The summed E-state index contributed by atoms with van der Waals surface area (Å²) in [6, 6.07) is 10.0. The third kappa shape index (κ3) is 9.41. The van der Waals surface area contributed by atoms with Gasteiger partial charge in [0, 0.05) is 0 Å². The standard InChI is InChI=1S/C19H30O2/c1-2-3-4-5-6-7-8-12-15-19(16-20)21-17-18-13-10-9-11-14-18/h9-11,13-14,16,19H,2-8,12,15,17H2,1H3. The van der Waals surface area contributed by atoms with Crippen LogP contribution in [-0.4, -0.2) is 12.4 Å². The van der Waals surface area contributed by atoms with Crippen LogP contribution in [0, 0.1) is 0 Å². The predicted molar refractivity (Wildman–Crippen MR) is 88.3 cm³/mol. The van der Waals surface area contributed by atoms with E-state index in [9.17, 15) is 4.79 Å². The second-order valence-electron chi connectivity index (χ2n) is 5.73. The van der Waals surface area contributed by atoms with Crippen molar-refractivity contribution in [3.05, 3.63) is 35.9 Å². The second-order valence-corrected chi connectivity index (χ2v) is 5.73. The highest BCUT2D eigenvalue weighted by atomic mass is 16.5. The molecule has 0 aliphatic rings. The lowest BCUT2D eigenvalue weighted by Crippen LogP contribution is -2.14. The normalized spacial score (nSPS) is 12.2. The zero-order valence-corrected chi connectivity index (χ0v) is 13.4. The molecular formula is C19H30O2. The summed E-state index contributed by atoms with van der Waals surface area (Å²) in [6.07, 6.45) is 11.9. The molecule has 0 radical (unpaired) electrons. The zero-order valence-electron chi connectivity index (χ0n) is 13.4. The molecule has 2 heteroatoms. The maximum atomic E-state index is 11.0. The maximum absolute atomic E-state index is 11.0. The van der Waals surface area contributed by atoms with Crippen molar-refractivity contribution in [1.29, 1.82) is 0 Å². The Bertz CT molecular complexity index is 348. The zero-order chi connectivity index (χ0) is 15.2. The minimum absolute atomic E-state index is 0.245. The van der Waals surface area contributed by atoms with Gasteiger partial charge in [-0.1, -0.05) is 88.6 Å². The number of carbonyl (C=O) groups is 1. The van der Waals surface area contributed by atoms with E-state index in [2.05, 4.69) is 6.92 Å². The summed E-state index contributed by atoms with van der Waals surface area (Å²) in [7, 11) is 0. The van der Waals surface area contributed by atoms with Crippen LogP contribution >= 0.6 is 0 Å². The Labute approximate surface area is 129 Å². The third-order valence-corrected chi connectivity index (χ3v) is 3.80. The van der Waals surface area contributed by atoms with E-state index in [4.69, 9.17) is 4.74 Å². The van der Waals surface area contributed by atoms with Gasteiger partial charge < -0.3 is 9.53 Å². The van der Waals surface area contributed by atoms with E-state index < -0.39 is 0 Å². The first-order valence-electron chi connectivity index (χ1n) is 8.47. The summed E-state index contributed by atoms with van der Waals surface area (Å²) in [5, 5.41) is 0. The summed E-state index contributed by atoms with van der Waals surface area (Å²) >= 11 is 0. The van der Waals surface area contributed by atoms with Crippen LogP contribution in [0.4, 0.5) is 0 Å². The van der Waals surface area contributed by atoms with Crippen molar-refractivity contribution >= 4 is 6.29 Å². The molecule has 0 heterocycles. The Morgan fingerprint density at radius 3 is 2.19 bits per heavy atom. The first-order valence-corrected chi connectivity index (χ1v) is 8.47. The van der Waals surface area contributed by atoms with Crippen molar-refractivity contribution in [2.45, 2.75) is 77.4 Å². The number of ether oxygens (including phenoxy) is 1. The topological polar surface area (TPSA) is 26.3 Å². The lowest BCUT2D eigenvalue weighted by molar-refractivity contribution is -0.119. The SMILES string of the molecule is CCCCCCCCCCC(C=O)OCc1ccccc1. The number of benzene rings is 1. The molecule has 118 valence electrons. The van der Waals surface area contributed by atoms with Gasteiger partial charge in [-0.2, -0.15) is 0 Å². The minimum atomic E-state index is -0.245. The molecule has 0 fully saturated rings. The fraction of sp³-hybridized carbons (Fsp3) is 0.632. The molecule has 1 unspecified atom stereocenters. The van der Waals surface area contributed by atoms with Crippen molar-refractivity contribution in [3.8, 4) is 0 Å². The average Bonchev–Trinajstić information content (AvgIpc) is 2.54. The fourth-order valence-electron chi connectivity index (χ4n) is 2.45. The molecule has 0 aromatic heterocycles. The third-order valence-electron chi connectivity index (χ3n) is 3.80. The van der Waals surface area contributed by atoms with Crippen molar-refractivity contribution in [2.75, 3.05) is 0 Å². The Hall–Kier alpha value is -1.15. The summed E-state index contributed by atoms with van der Waals surface area (Å²) in [6.45, 7) is 2.77. The molecule has 0 saturated carbocycles. The van der Waals surface area contributed by atoms with Gasteiger partial charge in [0.25, 0.3) is 0 Å². The monoisotopic (exact) mass is 290 g/mol. The number of rotatable bonds is 13. The van der Waals surface area contributed by atoms with Crippen LogP contribution < -0.4 is 0 Å². The summed E-state index contributed by atoms with van der Waals surface area (Å²) in [5.41, 5.74) is 1.13. The number of hydrogen-bond acceptors (Lipinski definition) is 2. The largest absolute Gasteiger partial charge is 0.366 e. The Balaban J connectivity index is 2.02. The van der Waals surface area contributed by atoms with Crippen LogP contribution in [0.15, 0.2) is 30.3 Å². The first kappa shape index (κ1) is 17.9. The molecule has 1 rings (SSSR count). The molecule has 1 atom stereocenters. The van der Waals surface area contributed by atoms with Gasteiger partial charge in [0.2, 0.25) is 0 Å². The Morgan fingerprint density at radius 1 is 0.952 bits per heavy atom. The molecule has 2 nitrogen and oxygen atoms in total. The second kappa shape index (κ2) is 12.6. The van der Waals surface area contributed by atoms with E-state index in [1.54, 1.807) is 0 Å². The molecule has 1 aromatic rings. The van der Waals surface area contributed by atoms with E-state index in [-0.39, 0.29) is 6.10 Å². The van der Waals surface area contributed by atoms with Gasteiger partial charge in [0.15, 0.2) is 0 Å². The van der Waals surface area contributed by atoms with Crippen molar-refractivity contribution < 1.29 is 9.53 Å². The van der Waals surface area contributed by atoms with Gasteiger partial charge in [-0.15, -0.1) is 0 Å². The van der Waals surface area contributed by atoms with Crippen LogP contribution in [0.2, 0.25) is 0 Å². The summed E-state index contributed by atoms with van der Waals surface area (Å²) < 4.78 is 5.67. The molecule has 0 saturated heterocycles. The molecular weight excluding hydrogens is 260 g/mol. The Kier molecular flexibility index (Phi) is 10.7. The maximum Gasteiger partial charge on any atom is 0.148 e.